The largest absolute Gasteiger partial charge is 0.299 e. The molecule has 5 heteroatoms. The summed E-state index contributed by atoms with van der Waals surface area (Å²) in [5.41, 5.74) is 0. The fourth-order valence-electron chi connectivity index (χ4n) is 2.88. The van der Waals surface area contributed by atoms with E-state index in [4.69, 9.17) is 0 Å². The standard InChI is InChI=1S/C14H26F2N2S/c1-4-11(2)18-9-13(19-10-18)12(3)17-7-5-14(15,16)6-8-17/h11-13H,4-10H2,1-3H3. The maximum absolute atomic E-state index is 13.2. The zero-order valence-electron chi connectivity index (χ0n) is 12.2. The van der Waals surface area contributed by atoms with Crippen molar-refractivity contribution in [3.63, 3.8) is 0 Å². The molecule has 0 N–H and O–H groups in total. The van der Waals surface area contributed by atoms with Crippen LogP contribution in [0.1, 0.15) is 40.0 Å². The highest BCUT2D eigenvalue weighted by Gasteiger charge is 2.38. The molecule has 2 nitrogen and oxygen atoms in total. The summed E-state index contributed by atoms with van der Waals surface area (Å²) in [7, 11) is 0. The maximum atomic E-state index is 13.2. The van der Waals surface area contributed by atoms with E-state index in [2.05, 4.69) is 30.6 Å². The molecule has 2 heterocycles. The van der Waals surface area contributed by atoms with Crippen molar-refractivity contribution >= 4 is 11.8 Å². The van der Waals surface area contributed by atoms with Gasteiger partial charge in [-0.15, -0.1) is 11.8 Å². The third-order valence-electron chi connectivity index (χ3n) is 4.73. The lowest BCUT2D eigenvalue weighted by Gasteiger charge is -2.38. The Morgan fingerprint density at radius 3 is 2.42 bits per heavy atom. The number of hydrogen-bond donors (Lipinski definition) is 0. The number of halogens is 2. The average molecular weight is 292 g/mol. The zero-order chi connectivity index (χ0) is 14.0. The average Bonchev–Trinajstić information content (AvgIpc) is 2.86. The van der Waals surface area contributed by atoms with E-state index in [1.165, 1.54) is 6.42 Å². The van der Waals surface area contributed by atoms with E-state index < -0.39 is 5.92 Å². The molecular formula is C14H26F2N2S. The van der Waals surface area contributed by atoms with Gasteiger partial charge in [0.1, 0.15) is 0 Å². The summed E-state index contributed by atoms with van der Waals surface area (Å²) >= 11 is 1.99. The number of piperidine rings is 1. The number of thioether (sulfide) groups is 1. The normalized spacial score (nSPS) is 32.4. The summed E-state index contributed by atoms with van der Waals surface area (Å²) in [5.74, 6) is -1.34. The topological polar surface area (TPSA) is 6.48 Å². The van der Waals surface area contributed by atoms with Crippen molar-refractivity contribution in [1.82, 2.24) is 9.80 Å². The lowest BCUT2D eigenvalue weighted by atomic mass is 10.0. The Kier molecular flexibility index (Phi) is 5.12. The van der Waals surface area contributed by atoms with Crippen LogP contribution >= 0.6 is 11.8 Å². The van der Waals surface area contributed by atoms with E-state index in [1.807, 2.05) is 11.8 Å². The summed E-state index contributed by atoms with van der Waals surface area (Å²) in [6.07, 6.45) is 1.24. The first-order chi connectivity index (χ1) is 8.93. The second kappa shape index (κ2) is 6.27. The summed E-state index contributed by atoms with van der Waals surface area (Å²) in [6, 6.07) is 1.05. The van der Waals surface area contributed by atoms with Crippen LogP contribution in [0, 0.1) is 0 Å². The zero-order valence-corrected chi connectivity index (χ0v) is 13.1. The van der Waals surface area contributed by atoms with Gasteiger partial charge in [0.25, 0.3) is 5.92 Å². The summed E-state index contributed by atoms with van der Waals surface area (Å²) in [6.45, 7) is 8.91. The second-order valence-corrected chi connectivity index (χ2v) is 7.19. The molecule has 0 radical (unpaired) electrons. The minimum absolute atomic E-state index is 0.0316. The Bertz CT molecular complexity index is 291. The van der Waals surface area contributed by atoms with Gasteiger partial charge in [-0.2, -0.15) is 0 Å². The summed E-state index contributed by atoms with van der Waals surface area (Å²) in [5, 5.41) is 0.570. The predicted molar refractivity (Wildman–Crippen MR) is 77.9 cm³/mol. The molecule has 0 bridgehead atoms. The lowest BCUT2D eigenvalue weighted by Crippen LogP contribution is -2.48. The van der Waals surface area contributed by atoms with Crippen molar-refractivity contribution in [3.8, 4) is 0 Å². The Balaban J connectivity index is 1.83. The molecule has 0 amide bonds. The first-order valence-electron chi connectivity index (χ1n) is 7.40. The van der Waals surface area contributed by atoms with Crippen LogP contribution in [0.25, 0.3) is 0 Å². The van der Waals surface area contributed by atoms with Crippen LogP contribution in [-0.4, -0.2) is 58.6 Å². The third kappa shape index (κ3) is 3.82. The Morgan fingerprint density at radius 1 is 1.21 bits per heavy atom. The Labute approximate surface area is 119 Å². The van der Waals surface area contributed by atoms with Gasteiger partial charge in [0, 0.05) is 55.7 Å². The van der Waals surface area contributed by atoms with Gasteiger partial charge in [-0.3, -0.25) is 9.80 Å². The van der Waals surface area contributed by atoms with Gasteiger partial charge in [0.05, 0.1) is 0 Å². The molecule has 2 fully saturated rings. The molecule has 0 aromatic rings. The molecule has 0 spiro atoms. The maximum Gasteiger partial charge on any atom is 0.250 e. The molecule has 0 aromatic carbocycles. The van der Waals surface area contributed by atoms with Crippen LogP contribution in [0.3, 0.4) is 0 Å². The van der Waals surface area contributed by atoms with E-state index in [9.17, 15) is 8.78 Å². The molecule has 3 unspecified atom stereocenters. The number of likely N-dealkylation sites (tertiary alicyclic amines) is 1. The van der Waals surface area contributed by atoms with E-state index >= 15 is 0 Å². The number of alkyl halides is 2. The van der Waals surface area contributed by atoms with Gasteiger partial charge in [0.15, 0.2) is 0 Å². The highest BCUT2D eigenvalue weighted by Crippen LogP contribution is 2.33. The SMILES string of the molecule is CCC(C)N1CSC(C(C)N2CCC(F)(F)CC2)C1. The predicted octanol–water partition coefficient (Wildman–Crippen LogP) is 3.28. The quantitative estimate of drug-likeness (QED) is 0.785. The molecule has 2 saturated heterocycles. The van der Waals surface area contributed by atoms with Crippen molar-refractivity contribution in [2.24, 2.45) is 0 Å². The monoisotopic (exact) mass is 292 g/mol. The molecule has 0 saturated carbocycles. The summed E-state index contributed by atoms with van der Waals surface area (Å²) < 4.78 is 26.4. The molecule has 0 aromatic heterocycles. The van der Waals surface area contributed by atoms with Crippen LogP contribution in [0.5, 0.6) is 0 Å². The number of hydrogen-bond acceptors (Lipinski definition) is 3. The molecular weight excluding hydrogens is 266 g/mol. The molecule has 2 aliphatic heterocycles. The fraction of sp³-hybridized carbons (Fsp3) is 1.00. The lowest BCUT2D eigenvalue weighted by molar-refractivity contribution is -0.0619. The third-order valence-corrected chi connectivity index (χ3v) is 6.18. The van der Waals surface area contributed by atoms with E-state index in [0.29, 0.717) is 30.4 Å². The van der Waals surface area contributed by atoms with Gasteiger partial charge in [-0.1, -0.05) is 6.92 Å². The molecule has 3 atom stereocenters. The van der Waals surface area contributed by atoms with Crippen LogP contribution in [0.2, 0.25) is 0 Å². The Morgan fingerprint density at radius 2 is 1.84 bits per heavy atom. The van der Waals surface area contributed by atoms with E-state index in [0.717, 1.165) is 12.4 Å². The first-order valence-corrected chi connectivity index (χ1v) is 8.45. The minimum Gasteiger partial charge on any atom is -0.299 e. The van der Waals surface area contributed by atoms with Crippen molar-refractivity contribution < 1.29 is 8.78 Å². The van der Waals surface area contributed by atoms with Gasteiger partial charge >= 0.3 is 0 Å². The first kappa shape index (κ1) is 15.5. The number of rotatable bonds is 4. The molecule has 19 heavy (non-hydrogen) atoms. The highest BCUT2D eigenvalue weighted by molar-refractivity contribution is 8.00. The summed E-state index contributed by atoms with van der Waals surface area (Å²) in [4.78, 5) is 4.78. The minimum atomic E-state index is -2.43. The van der Waals surface area contributed by atoms with Crippen LogP contribution in [-0.2, 0) is 0 Å². The molecule has 2 rings (SSSR count). The van der Waals surface area contributed by atoms with Gasteiger partial charge < -0.3 is 0 Å². The fourth-order valence-corrected chi connectivity index (χ4v) is 4.37. The number of nitrogens with zero attached hydrogens (tertiary/aromatic N) is 2. The van der Waals surface area contributed by atoms with Crippen LogP contribution in [0.4, 0.5) is 8.78 Å². The van der Waals surface area contributed by atoms with Crippen molar-refractivity contribution in [3.05, 3.63) is 0 Å². The van der Waals surface area contributed by atoms with E-state index in [-0.39, 0.29) is 12.8 Å². The van der Waals surface area contributed by atoms with Gasteiger partial charge in [0.2, 0.25) is 0 Å². The highest BCUT2D eigenvalue weighted by atomic mass is 32.2. The van der Waals surface area contributed by atoms with Crippen molar-refractivity contribution in [2.45, 2.75) is 63.3 Å². The van der Waals surface area contributed by atoms with E-state index in [1.54, 1.807) is 0 Å². The second-order valence-electron chi connectivity index (χ2n) is 6.00. The van der Waals surface area contributed by atoms with Crippen molar-refractivity contribution in [1.29, 1.82) is 0 Å². The van der Waals surface area contributed by atoms with Crippen LogP contribution < -0.4 is 0 Å². The van der Waals surface area contributed by atoms with Crippen molar-refractivity contribution in [2.75, 3.05) is 25.5 Å². The van der Waals surface area contributed by atoms with Gasteiger partial charge in [-0.25, -0.2) is 8.78 Å². The molecule has 2 aliphatic rings. The Hall–Kier alpha value is 0.130. The van der Waals surface area contributed by atoms with Gasteiger partial charge in [-0.05, 0) is 20.3 Å². The molecule has 0 aliphatic carbocycles. The smallest absolute Gasteiger partial charge is 0.250 e. The van der Waals surface area contributed by atoms with Crippen LogP contribution in [0.15, 0.2) is 0 Å². The molecule has 112 valence electrons.